The Kier molecular flexibility index (Phi) is 16.7. The van der Waals surface area contributed by atoms with Gasteiger partial charge in [0.1, 0.15) is 16.0 Å². The summed E-state index contributed by atoms with van der Waals surface area (Å²) in [5.41, 5.74) is 12.3. The molecule has 0 radical (unpaired) electrons. The highest BCUT2D eigenvalue weighted by Crippen LogP contribution is 2.29. The second kappa shape index (κ2) is 21.1. The molecule has 0 amide bonds. The summed E-state index contributed by atoms with van der Waals surface area (Å²) in [5.74, 6) is -0.0723. The number of methoxy groups -OCH3 is 2. The van der Waals surface area contributed by atoms with Crippen molar-refractivity contribution in [2.24, 2.45) is 5.73 Å². The molecule has 0 bridgehead atoms. The van der Waals surface area contributed by atoms with Gasteiger partial charge in [0, 0.05) is 17.2 Å². The predicted octanol–water partition coefficient (Wildman–Crippen LogP) is 9.32. The first-order valence-electron chi connectivity index (χ1n) is 16.6. The third-order valence-electron chi connectivity index (χ3n) is 6.65. The van der Waals surface area contributed by atoms with E-state index in [0.717, 1.165) is 33.5 Å². The average molecular weight is 775 g/mol. The zero-order chi connectivity index (χ0) is 38.2. The second-order valence-corrected chi connectivity index (χ2v) is 12.2. The minimum Gasteiger partial charge on any atom is -0.465 e. The normalized spacial score (nSPS) is 10.3. The molecule has 10 nitrogen and oxygen atoms in total. The van der Waals surface area contributed by atoms with E-state index in [1.807, 2.05) is 88.4 Å². The number of halogens is 2. The molecule has 0 unspecified atom stereocenters. The Morgan fingerprint density at radius 1 is 0.712 bits per heavy atom. The van der Waals surface area contributed by atoms with Crippen molar-refractivity contribution in [2.45, 2.75) is 47.2 Å². The number of nitrogens with zero attached hydrogens (tertiary/aromatic N) is 4. The first kappa shape index (κ1) is 41.1. The fourth-order valence-corrected chi connectivity index (χ4v) is 5.04. The zero-order valence-corrected chi connectivity index (χ0v) is 30.9. The minimum absolute atomic E-state index is 0. The van der Waals surface area contributed by atoms with E-state index >= 15 is 0 Å². The molecular weight excluding hydrogens is 727 g/mol. The molecule has 3 N–H and O–H groups in total. The molecule has 2 heterocycles. The lowest BCUT2D eigenvalue weighted by Gasteiger charge is -2.14. The molecule has 0 aliphatic carbocycles. The number of hydrogen-bond donors (Lipinski definition) is 2. The molecule has 4 aromatic carbocycles. The molecule has 0 aliphatic rings. The second-order valence-electron chi connectivity index (χ2n) is 11.4. The summed E-state index contributed by atoms with van der Waals surface area (Å²) in [5, 5.41) is 3.34. The number of carbonyl (C=O) groups is 2. The van der Waals surface area contributed by atoms with Crippen LogP contribution >= 0.6 is 15.9 Å². The Balaban J connectivity index is 0.000000309. The van der Waals surface area contributed by atoms with Crippen LogP contribution in [0.4, 0.5) is 10.2 Å². The predicted molar refractivity (Wildman–Crippen MR) is 212 cm³/mol. The average Bonchev–Trinajstić information content (AvgIpc) is 3.14. The number of esters is 2. The molecule has 0 saturated carbocycles. The lowest BCUT2D eigenvalue weighted by Crippen LogP contribution is -2.13. The van der Waals surface area contributed by atoms with Crippen LogP contribution in [-0.4, -0.2) is 65.3 Å². The molecule has 6 aromatic rings. The maximum Gasteiger partial charge on any atom is 0.337 e. The van der Waals surface area contributed by atoms with Crippen LogP contribution in [0.2, 0.25) is 0 Å². The van der Waals surface area contributed by atoms with Gasteiger partial charge in [0.25, 0.3) is 0 Å². The van der Waals surface area contributed by atoms with Gasteiger partial charge in [-0.05, 0) is 72.2 Å². The van der Waals surface area contributed by atoms with Gasteiger partial charge in [0.05, 0.1) is 55.9 Å². The van der Waals surface area contributed by atoms with Crippen LogP contribution < -0.4 is 11.1 Å². The van der Waals surface area contributed by atoms with Gasteiger partial charge in [-0.2, -0.15) is 0 Å². The summed E-state index contributed by atoms with van der Waals surface area (Å²) in [6.07, 6.45) is 0. The summed E-state index contributed by atoms with van der Waals surface area (Å²) in [4.78, 5) is 41.8. The highest BCUT2D eigenvalue weighted by molar-refractivity contribution is 9.10. The quantitative estimate of drug-likeness (QED) is 0.157. The van der Waals surface area contributed by atoms with Crippen molar-refractivity contribution < 1.29 is 24.8 Å². The lowest BCUT2D eigenvalue weighted by molar-refractivity contribution is 0.0592. The van der Waals surface area contributed by atoms with Gasteiger partial charge in [-0.3, -0.25) is 4.39 Å². The number of nitrogens with two attached hydrogens (primary N) is 1. The highest BCUT2D eigenvalue weighted by atomic mass is 79.9. The molecule has 52 heavy (non-hydrogen) atoms. The largest absolute Gasteiger partial charge is 0.465 e. The van der Waals surface area contributed by atoms with E-state index in [9.17, 15) is 14.0 Å². The van der Waals surface area contributed by atoms with E-state index in [2.05, 4.69) is 36.2 Å². The van der Waals surface area contributed by atoms with Gasteiger partial charge >= 0.3 is 11.9 Å². The summed E-state index contributed by atoms with van der Waals surface area (Å²) >= 11 is 3.44. The number of carbonyl (C=O) groups excluding carboxylic acids is 2. The number of anilines is 1. The Morgan fingerprint density at radius 2 is 1.12 bits per heavy atom. The topological polar surface area (TPSA) is 142 Å². The van der Waals surface area contributed by atoms with Crippen molar-refractivity contribution in [3.05, 3.63) is 113 Å². The van der Waals surface area contributed by atoms with Crippen LogP contribution in [-0.2, 0) is 9.47 Å². The number of aromatic nitrogens is 4. The fraction of sp³-hybridized carbons (Fsp3) is 0.250. The van der Waals surface area contributed by atoms with Crippen molar-refractivity contribution in [3.8, 4) is 22.5 Å². The van der Waals surface area contributed by atoms with Crippen LogP contribution in [0.15, 0.2) is 102 Å². The van der Waals surface area contributed by atoms with Gasteiger partial charge in [0.15, 0.2) is 5.82 Å². The molecule has 2 aromatic heterocycles. The van der Waals surface area contributed by atoms with E-state index in [0.29, 0.717) is 38.6 Å². The number of rotatable bonds is 6. The molecule has 0 saturated heterocycles. The van der Waals surface area contributed by atoms with Crippen LogP contribution in [0.5, 0.6) is 0 Å². The van der Waals surface area contributed by atoms with Crippen molar-refractivity contribution in [3.63, 3.8) is 0 Å². The fourth-order valence-electron chi connectivity index (χ4n) is 4.53. The van der Waals surface area contributed by atoms with Crippen LogP contribution in [0.3, 0.4) is 0 Å². The minimum atomic E-state index is -1.00. The molecule has 6 rings (SSSR count). The standard InChI is InChI=1S/C19H19N3O2.C16H11BrN2O2.C3H9N.CH3F.CH4/c1-12(2)20-18-17(13-7-5-4-6-8-13)21-15-10-9-14(19(23)24-3)11-16(15)22-18;1-21-16(20)11-7-8-12-13(9-11)19-15(17)14(18-12)10-5-3-2-4-6-10;1-3(2)4;1-2;/h4-12H,1-3H3,(H,20,22);2-9H,1H3;3H,4H2,1-2H3;1H3;1H4/i;;;1D;. The van der Waals surface area contributed by atoms with Crippen molar-refractivity contribution in [2.75, 3.05) is 26.7 Å². The van der Waals surface area contributed by atoms with E-state index in [-0.39, 0.29) is 25.4 Å². The molecule has 0 aliphatic heterocycles. The van der Waals surface area contributed by atoms with E-state index < -0.39 is 7.15 Å². The number of ether oxygens (including phenoxy) is 2. The number of alkyl halides is 1. The maximum atomic E-state index is 11.7. The smallest absolute Gasteiger partial charge is 0.337 e. The summed E-state index contributed by atoms with van der Waals surface area (Å²) in [6, 6.07) is 30.6. The van der Waals surface area contributed by atoms with Crippen LogP contribution in [0.1, 0.15) is 57.2 Å². The third-order valence-corrected chi connectivity index (χ3v) is 7.20. The van der Waals surface area contributed by atoms with Crippen molar-refractivity contribution >= 4 is 55.8 Å². The molecule has 12 heteroatoms. The zero-order valence-electron chi connectivity index (χ0n) is 30.4. The Morgan fingerprint density at radius 3 is 1.54 bits per heavy atom. The lowest BCUT2D eigenvalue weighted by atomic mass is 10.1. The van der Waals surface area contributed by atoms with E-state index in [1.54, 1.807) is 36.4 Å². The molecule has 274 valence electrons. The first-order valence-corrected chi connectivity index (χ1v) is 16.6. The van der Waals surface area contributed by atoms with Crippen molar-refractivity contribution in [1.29, 1.82) is 0 Å². The number of benzene rings is 4. The molecular formula is C40H46BrFN6O4. The summed E-state index contributed by atoms with van der Waals surface area (Å²) in [6.45, 7) is 7.98. The van der Waals surface area contributed by atoms with Gasteiger partial charge < -0.3 is 20.5 Å². The highest BCUT2D eigenvalue weighted by Gasteiger charge is 2.15. The van der Waals surface area contributed by atoms with Gasteiger partial charge in [-0.1, -0.05) is 81.9 Å². The monoisotopic (exact) mass is 773 g/mol. The first-order chi connectivity index (χ1) is 24.9. The Bertz CT molecular complexity index is 2070. The molecule has 0 fully saturated rings. The van der Waals surface area contributed by atoms with Crippen molar-refractivity contribution in [1.82, 2.24) is 19.9 Å². The molecule has 0 spiro atoms. The van der Waals surface area contributed by atoms with E-state index in [4.69, 9.17) is 21.6 Å². The molecule has 0 atom stereocenters. The van der Waals surface area contributed by atoms with E-state index in [1.165, 1.54) is 14.2 Å². The van der Waals surface area contributed by atoms with Crippen LogP contribution in [0.25, 0.3) is 44.6 Å². The SMILES string of the molecule is C.CC(C)N.COC(=O)c1ccc2nc(-c3ccccc3)c(Br)nc2c1.COC(=O)c1ccc2nc(-c3ccccc3)c(NC(C)C)nc2c1.[2H]CF. The Hall–Kier alpha value is -5.33. The summed E-state index contributed by atoms with van der Waals surface area (Å²) < 4.78 is 25.6. The van der Waals surface area contributed by atoms with Crippen LogP contribution in [0, 0.1) is 0 Å². The number of hydrogen-bond acceptors (Lipinski definition) is 10. The number of nitrogens with one attached hydrogen (secondary N) is 1. The van der Waals surface area contributed by atoms with Gasteiger partial charge in [0.2, 0.25) is 0 Å². The maximum absolute atomic E-state index is 11.7. The van der Waals surface area contributed by atoms with Gasteiger partial charge in [-0.25, -0.2) is 29.5 Å². The van der Waals surface area contributed by atoms with Gasteiger partial charge in [-0.15, -0.1) is 0 Å². The third kappa shape index (κ3) is 11.9. The summed E-state index contributed by atoms with van der Waals surface area (Å²) in [7, 11) is 1.72. The Labute approximate surface area is 314 Å². The number of fused-ring (bicyclic) bond motifs is 2.